The normalized spacial score (nSPS) is 9.81. The number of nitrogens with zero attached hydrogens (tertiary/aromatic N) is 2. The van der Waals surface area contributed by atoms with Gasteiger partial charge in [0, 0.05) is 10.4 Å². The maximum atomic E-state index is 9.09. The van der Waals surface area contributed by atoms with Crippen LogP contribution in [0.25, 0.3) is 11.3 Å². The molecule has 0 bridgehead atoms. The number of hydrogen-bond donors (Lipinski definition) is 0. The molecule has 0 unspecified atom stereocenters. The van der Waals surface area contributed by atoms with Crippen LogP contribution in [0, 0.1) is 18.3 Å². The van der Waals surface area contributed by atoms with Crippen molar-refractivity contribution in [2.45, 2.75) is 6.92 Å². The third-order valence-electron chi connectivity index (χ3n) is 2.34. The lowest BCUT2D eigenvalue weighted by molar-refractivity contribution is 0.416. The predicted molar refractivity (Wildman–Crippen MR) is 63.6 cm³/mol. The van der Waals surface area contributed by atoms with Gasteiger partial charge in [0.15, 0.2) is 0 Å². The Bertz CT molecular complexity index is 554. The second-order valence-electron chi connectivity index (χ2n) is 3.27. The summed E-state index contributed by atoms with van der Waals surface area (Å²) in [5.41, 5.74) is 2.21. The molecule has 3 nitrogen and oxygen atoms in total. The summed E-state index contributed by atoms with van der Waals surface area (Å²) in [4.78, 5) is 0.934. The van der Waals surface area contributed by atoms with Gasteiger partial charge in [0.1, 0.15) is 17.5 Å². The third-order valence-corrected chi connectivity index (χ3v) is 3.09. The van der Waals surface area contributed by atoms with Crippen molar-refractivity contribution in [1.82, 2.24) is 4.37 Å². The molecule has 1 aromatic carbocycles. The average molecular weight is 230 g/mol. The maximum Gasteiger partial charge on any atom is 0.128 e. The van der Waals surface area contributed by atoms with Crippen LogP contribution in [0.1, 0.15) is 10.4 Å². The van der Waals surface area contributed by atoms with E-state index in [1.165, 1.54) is 11.5 Å². The van der Waals surface area contributed by atoms with Gasteiger partial charge in [-0.25, -0.2) is 0 Å². The standard InChI is InChI=1S/C12H10N2OS/c1-8-10(7-13)12(14-16-8)9-5-3-4-6-11(9)15-2/h3-6H,1-2H3. The molecule has 0 atom stereocenters. The largest absolute Gasteiger partial charge is 0.496 e. The van der Waals surface area contributed by atoms with Crippen LogP contribution in [0.3, 0.4) is 0 Å². The van der Waals surface area contributed by atoms with Gasteiger partial charge >= 0.3 is 0 Å². The van der Waals surface area contributed by atoms with E-state index in [1.54, 1.807) is 7.11 Å². The first-order chi connectivity index (χ1) is 7.77. The molecule has 0 amide bonds. The summed E-state index contributed by atoms with van der Waals surface area (Å²) in [5, 5.41) is 9.09. The summed E-state index contributed by atoms with van der Waals surface area (Å²) in [6, 6.07) is 9.77. The van der Waals surface area contributed by atoms with Crippen molar-refractivity contribution in [3.63, 3.8) is 0 Å². The van der Waals surface area contributed by atoms with Crippen LogP contribution in [0.15, 0.2) is 24.3 Å². The Morgan fingerprint density at radius 1 is 1.38 bits per heavy atom. The molecule has 1 aromatic heterocycles. The zero-order valence-corrected chi connectivity index (χ0v) is 9.84. The first-order valence-corrected chi connectivity index (χ1v) is 5.55. The zero-order valence-electron chi connectivity index (χ0n) is 9.02. The summed E-state index contributed by atoms with van der Waals surface area (Å²) in [6.45, 7) is 1.90. The van der Waals surface area contributed by atoms with E-state index in [4.69, 9.17) is 10.00 Å². The molecular weight excluding hydrogens is 220 g/mol. The molecule has 0 aliphatic heterocycles. The third kappa shape index (κ3) is 1.66. The van der Waals surface area contributed by atoms with E-state index in [2.05, 4.69) is 10.4 Å². The Morgan fingerprint density at radius 2 is 2.12 bits per heavy atom. The van der Waals surface area contributed by atoms with Gasteiger partial charge in [0.25, 0.3) is 0 Å². The molecule has 2 aromatic rings. The molecule has 0 saturated heterocycles. The highest BCUT2D eigenvalue weighted by Crippen LogP contribution is 2.33. The Kier molecular flexibility index (Phi) is 2.88. The van der Waals surface area contributed by atoms with Crippen LogP contribution in [0.4, 0.5) is 0 Å². The van der Waals surface area contributed by atoms with Crippen molar-refractivity contribution >= 4 is 11.5 Å². The fourth-order valence-corrected chi connectivity index (χ4v) is 2.18. The van der Waals surface area contributed by atoms with Gasteiger partial charge in [-0.2, -0.15) is 9.64 Å². The SMILES string of the molecule is COc1ccccc1-c1nsc(C)c1C#N. The van der Waals surface area contributed by atoms with Crippen LogP contribution in [-0.2, 0) is 0 Å². The van der Waals surface area contributed by atoms with Crippen molar-refractivity contribution in [2.75, 3.05) is 7.11 Å². The highest BCUT2D eigenvalue weighted by molar-refractivity contribution is 7.06. The van der Waals surface area contributed by atoms with E-state index in [9.17, 15) is 0 Å². The second kappa shape index (κ2) is 4.33. The smallest absolute Gasteiger partial charge is 0.128 e. The van der Waals surface area contributed by atoms with Crippen LogP contribution in [-0.4, -0.2) is 11.5 Å². The molecular formula is C12H10N2OS. The monoisotopic (exact) mass is 230 g/mol. The Balaban J connectivity index is 2.64. The van der Waals surface area contributed by atoms with Gasteiger partial charge in [-0.15, -0.1) is 0 Å². The van der Waals surface area contributed by atoms with Gasteiger partial charge < -0.3 is 4.74 Å². The quantitative estimate of drug-likeness (QED) is 0.796. The second-order valence-corrected chi connectivity index (χ2v) is 4.25. The molecule has 1 heterocycles. The minimum absolute atomic E-state index is 0.634. The molecule has 16 heavy (non-hydrogen) atoms. The van der Waals surface area contributed by atoms with E-state index in [0.29, 0.717) is 11.3 Å². The molecule has 2 rings (SSSR count). The minimum Gasteiger partial charge on any atom is -0.496 e. The number of hydrogen-bond acceptors (Lipinski definition) is 4. The number of benzene rings is 1. The van der Waals surface area contributed by atoms with Crippen molar-refractivity contribution in [1.29, 1.82) is 5.26 Å². The summed E-state index contributed by atoms with van der Waals surface area (Å²) in [7, 11) is 1.62. The van der Waals surface area contributed by atoms with E-state index < -0.39 is 0 Å². The molecule has 0 saturated carbocycles. The summed E-state index contributed by atoms with van der Waals surface area (Å²) in [5.74, 6) is 0.740. The average Bonchev–Trinajstić information content (AvgIpc) is 2.70. The summed E-state index contributed by atoms with van der Waals surface area (Å²) >= 11 is 1.34. The number of aromatic nitrogens is 1. The molecule has 0 aliphatic carbocycles. The van der Waals surface area contributed by atoms with E-state index in [1.807, 2.05) is 31.2 Å². The first kappa shape index (κ1) is 10.7. The number of ether oxygens (including phenoxy) is 1. The number of aryl methyl sites for hydroxylation is 1. The summed E-state index contributed by atoms with van der Waals surface area (Å²) in [6.07, 6.45) is 0. The van der Waals surface area contributed by atoms with E-state index >= 15 is 0 Å². The van der Waals surface area contributed by atoms with Gasteiger partial charge in [0.05, 0.1) is 12.7 Å². The van der Waals surface area contributed by atoms with Crippen molar-refractivity contribution in [2.24, 2.45) is 0 Å². The Hall–Kier alpha value is -1.86. The van der Waals surface area contributed by atoms with Gasteiger partial charge in [-0.3, -0.25) is 0 Å². The maximum absolute atomic E-state index is 9.09. The van der Waals surface area contributed by atoms with E-state index in [0.717, 1.165) is 16.2 Å². The highest BCUT2D eigenvalue weighted by atomic mass is 32.1. The lowest BCUT2D eigenvalue weighted by atomic mass is 10.1. The molecule has 80 valence electrons. The molecule has 0 N–H and O–H groups in total. The molecule has 0 spiro atoms. The minimum atomic E-state index is 0.634. The van der Waals surface area contributed by atoms with Crippen molar-refractivity contribution in [3.05, 3.63) is 34.7 Å². The lowest BCUT2D eigenvalue weighted by Gasteiger charge is -2.05. The fraction of sp³-hybridized carbons (Fsp3) is 0.167. The molecule has 0 aliphatic rings. The van der Waals surface area contributed by atoms with Crippen molar-refractivity contribution < 1.29 is 4.74 Å². The van der Waals surface area contributed by atoms with Crippen LogP contribution >= 0.6 is 11.5 Å². The lowest BCUT2D eigenvalue weighted by Crippen LogP contribution is -1.89. The number of rotatable bonds is 2. The van der Waals surface area contributed by atoms with Crippen LogP contribution in [0.2, 0.25) is 0 Å². The van der Waals surface area contributed by atoms with Gasteiger partial charge in [-0.05, 0) is 30.6 Å². The topological polar surface area (TPSA) is 45.9 Å². The first-order valence-electron chi connectivity index (χ1n) is 4.77. The van der Waals surface area contributed by atoms with Crippen LogP contribution < -0.4 is 4.74 Å². The zero-order chi connectivity index (χ0) is 11.5. The van der Waals surface area contributed by atoms with Crippen molar-refractivity contribution in [3.8, 4) is 23.1 Å². The summed E-state index contributed by atoms with van der Waals surface area (Å²) < 4.78 is 9.57. The Morgan fingerprint density at radius 3 is 2.81 bits per heavy atom. The molecule has 4 heteroatoms. The van der Waals surface area contributed by atoms with E-state index in [-0.39, 0.29) is 0 Å². The van der Waals surface area contributed by atoms with Crippen LogP contribution in [0.5, 0.6) is 5.75 Å². The molecule has 0 fully saturated rings. The van der Waals surface area contributed by atoms with Gasteiger partial charge in [0.2, 0.25) is 0 Å². The molecule has 0 radical (unpaired) electrons. The van der Waals surface area contributed by atoms with Gasteiger partial charge in [-0.1, -0.05) is 12.1 Å². The fourth-order valence-electron chi connectivity index (χ4n) is 1.53. The number of nitriles is 1. The predicted octanol–water partition coefficient (Wildman–Crippen LogP) is 3.00. The number of methoxy groups -OCH3 is 1. The number of para-hydroxylation sites is 1. The Labute approximate surface area is 98.1 Å². The highest BCUT2D eigenvalue weighted by Gasteiger charge is 2.15.